The average molecular weight is 705 g/mol. The molecule has 4 nitrogen and oxygen atoms in total. The number of rotatable bonds is 3. The van der Waals surface area contributed by atoms with E-state index in [2.05, 4.69) is 147 Å². The van der Waals surface area contributed by atoms with E-state index in [4.69, 9.17) is 18.8 Å². The molecule has 0 unspecified atom stereocenters. The molecule has 0 saturated carbocycles. The molecule has 0 N–H and O–H groups in total. The molecule has 11 aromatic rings. The van der Waals surface area contributed by atoms with Gasteiger partial charge in [0.15, 0.2) is 0 Å². The Labute approximate surface area is 316 Å². The second-order valence-corrected chi connectivity index (χ2v) is 15.3. The summed E-state index contributed by atoms with van der Waals surface area (Å²) in [6.45, 7) is 4.64. The summed E-state index contributed by atoms with van der Waals surface area (Å²) < 4.78 is 13.7. The molecule has 12 rings (SSSR count). The fraction of sp³-hybridized carbons (Fsp3) is 0.0588. The first-order chi connectivity index (χ1) is 27.0. The third kappa shape index (κ3) is 4.22. The molecule has 0 aliphatic heterocycles. The second kappa shape index (κ2) is 11.0. The second-order valence-electron chi connectivity index (χ2n) is 15.3. The van der Waals surface area contributed by atoms with Crippen LogP contribution in [0.2, 0.25) is 0 Å². The molecule has 258 valence electrons. The Morgan fingerprint density at radius 1 is 0.473 bits per heavy atom. The van der Waals surface area contributed by atoms with Crippen molar-refractivity contribution in [3.05, 3.63) is 169 Å². The summed E-state index contributed by atoms with van der Waals surface area (Å²) in [5, 5.41) is 6.41. The normalized spacial score (nSPS) is 13.4. The van der Waals surface area contributed by atoms with E-state index in [1.807, 2.05) is 24.4 Å². The van der Waals surface area contributed by atoms with Gasteiger partial charge in [0.05, 0.1) is 16.7 Å². The fourth-order valence-electron chi connectivity index (χ4n) is 9.24. The molecule has 1 aliphatic rings. The zero-order valence-electron chi connectivity index (χ0n) is 30.2. The van der Waals surface area contributed by atoms with Gasteiger partial charge in [-0.3, -0.25) is 4.98 Å². The number of pyridine rings is 2. The van der Waals surface area contributed by atoms with Gasteiger partial charge >= 0.3 is 0 Å². The molecule has 4 heterocycles. The van der Waals surface area contributed by atoms with E-state index in [1.165, 1.54) is 22.3 Å². The van der Waals surface area contributed by atoms with E-state index >= 15 is 0 Å². The van der Waals surface area contributed by atoms with Crippen LogP contribution in [0.5, 0.6) is 0 Å². The van der Waals surface area contributed by atoms with Crippen molar-refractivity contribution in [2.24, 2.45) is 0 Å². The summed E-state index contributed by atoms with van der Waals surface area (Å²) in [6, 6.07) is 53.5. The van der Waals surface area contributed by atoms with Gasteiger partial charge in [-0.2, -0.15) is 0 Å². The van der Waals surface area contributed by atoms with E-state index in [0.717, 1.165) is 99.2 Å². The highest BCUT2D eigenvalue weighted by molar-refractivity contribution is 6.23. The van der Waals surface area contributed by atoms with Crippen LogP contribution >= 0.6 is 0 Å². The Balaban J connectivity index is 1.12. The molecule has 0 saturated heterocycles. The molecule has 1 aliphatic carbocycles. The summed E-state index contributed by atoms with van der Waals surface area (Å²) in [4.78, 5) is 10.4. The number of fused-ring (bicyclic) bond motifs is 13. The monoisotopic (exact) mass is 704 g/mol. The maximum absolute atomic E-state index is 6.91. The molecule has 0 radical (unpaired) electrons. The first kappa shape index (κ1) is 30.4. The van der Waals surface area contributed by atoms with E-state index in [9.17, 15) is 0 Å². The predicted molar refractivity (Wildman–Crippen MR) is 225 cm³/mol. The summed E-state index contributed by atoms with van der Waals surface area (Å²) in [5.74, 6) is 0. The van der Waals surface area contributed by atoms with E-state index in [0.29, 0.717) is 0 Å². The van der Waals surface area contributed by atoms with Crippen LogP contribution in [0, 0.1) is 0 Å². The highest BCUT2D eigenvalue weighted by Gasteiger charge is 2.39. The smallest absolute Gasteiger partial charge is 0.144 e. The van der Waals surface area contributed by atoms with Gasteiger partial charge in [-0.05, 0) is 64.2 Å². The van der Waals surface area contributed by atoms with Gasteiger partial charge in [-0.1, -0.05) is 129 Å². The molecular formula is C51H32N2O2. The minimum absolute atomic E-state index is 0.214. The van der Waals surface area contributed by atoms with Gasteiger partial charge in [-0.25, -0.2) is 4.98 Å². The molecular weight excluding hydrogens is 673 g/mol. The Morgan fingerprint density at radius 2 is 1.13 bits per heavy atom. The van der Waals surface area contributed by atoms with Crippen LogP contribution in [0.25, 0.3) is 110 Å². The van der Waals surface area contributed by atoms with Crippen LogP contribution in [0.15, 0.2) is 167 Å². The largest absolute Gasteiger partial charge is 0.455 e. The van der Waals surface area contributed by atoms with Gasteiger partial charge in [-0.15, -0.1) is 0 Å². The first-order valence-corrected chi connectivity index (χ1v) is 18.8. The molecule has 0 atom stereocenters. The Hall–Kier alpha value is -7.04. The number of furan rings is 2. The number of hydrogen-bond acceptors (Lipinski definition) is 4. The van der Waals surface area contributed by atoms with Crippen molar-refractivity contribution in [1.82, 2.24) is 9.97 Å². The molecule has 4 aromatic heterocycles. The highest BCUT2D eigenvalue weighted by atomic mass is 16.3. The molecule has 55 heavy (non-hydrogen) atoms. The minimum Gasteiger partial charge on any atom is -0.455 e. The molecule has 0 fully saturated rings. The molecule has 4 heteroatoms. The quantitative estimate of drug-likeness (QED) is 0.172. The van der Waals surface area contributed by atoms with Crippen molar-refractivity contribution in [3.63, 3.8) is 0 Å². The Bertz CT molecular complexity index is 3410. The van der Waals surface area contributed by atoms with Crippen LogP contribution in [0.1, 0.15) is 25.0 Å². The maximum Gasteiger partial charge on any atom is 0.144 e. The van der Waals surface area contributed by atoms with E-state index < -0.39 is 0 Å². The third-order valence-electron chi connectivity index (χ3n) is 11.9. The van der Waals surface area contributed by atoms with Crippen LogP contribution in [0.4, 0.5) is 0 Å². The van der Waals surface area contributed by atoms with Crippen molar-refractivity contribution in [2.45, 2.75) is 19.3 Å². The number of aromatic nitrogens is 2. The molecule has 0 amide bonds. The lowest BCUT2D eigenvalue weighted by molar-refractivity contribution is 0.653. The number of nitrogens with zero attached hydrogens (tertiary/aromatic N) is 2. The van der Waals surface area contributed by atoms with E-state index in [-0.39, 0.29) is 5.41 Å². The van der Waals surface area contributed by atoms with Gasteiger partial charge in [0.25, 0.3) is 0 Å². The van der Waals surface area contributed by atoms with Crippen molar-refractivity contribution in [2.75, 3.05) is 0 Å². The minimum atomic E-state index is -0.214. The molecule has 7 aromatic carbocycles. The number of hydrogen-bond donors (Lipinski definition) is 0. The lowest BCUT2D eigenvalue weighted by Gasteiger charge is -2.22. The Morgan fingerprint density at radius 3 is 1.95 bits per heavy atom. The van der Waals surface area contributed by atoms with Crippen molar-refractivity contribution in [1.29, 1.82) is 0 Å². The predicted octanol–water partition coefficient (Wildman–Crippen LogP) is 13.9. The zero-order valence-corrected chi connectivity index (χ0v) is 30.2. The maximum atomic E-state index is 6.91. The van der Waals surface area contributed by atoms with E-state index in [1.54, 1.807) is 0 Å². The topological polar surface area (TPSA) is 52.1 Å². The average Bonchev–Trinajstić information content (AvgIpc) is 3.89. The molecule has 0 spiro atoms. The SMILES string of the molecule is CC1(C)c2ccccc2-c2c1cc(-c1ccc(-c3ccc4ccc5cc(-c6ccccc6)cnc5c4n3)c3c1oc1ccccc13)c1c2oc2ccccc21. The van der Waals surface area contributed by atoms with Crippen LogP contribution in [-0.2, 0) is 5.41 Å². The first-order valence-electron chi connectivity index (χ1n) is 18.8. The molecule has 0 bridgehead atoms. The number of para-hydroxylation sites is 2. The van der Waals surface area contributed by atoms with Gasteiger partial charge in [0, 0.05) is 66.2 Å². The standard InChI is InChI=1S/C51H32N2O2/c1-51(2)39-17-9-6-14-34(39)46-40(51)27-38(45-37-16-8-11-19-43(37)55-50(45)46)33-23-24-35(44-36-15-7-10-18-42(36)54-49(33)44)41-25-22-30-20-21-31-26-32(29-12-4-3-5-13-29)28-52-47(31)48(30)53-41/h3-28H,1-2H3. The van der Waals surface area contributed by atoms with Gasteiger partial charge < -0.3 is 8.83 Å². The summed E-state index contributed by atoms with van der Waals surface area (Å²) >= 11 is 0. The summed E-state index contributed by atoms with van der Waals surface area (Å²) in [7, 11) is 0. The van der Waals surface area contributed by atoms with Crippen molar-refractivity contribution >= 4 is 65.7 Å². The van der Waals surface area contributed by atoms with Crippen molar-refractivity contribution in [3.8, 4) is 44.6 Å². The zero-order chi connectivity index (χ0) is 36.4. The number of benzene rings is 7. The Kier molecular flexibility index (Phi) is 6.09. The lowest BCUT2D eigenvalue weighted by atomic mass is 9.80. The highest BCUT2D eigenvalue weighted by Crippen LogP contribution is 2.55. The summed E-state index contributed by atoms with van der Waals surface area (Å²) in [5.41, 5.74) is 16.3. The van der Waals surface area contributed by atoms with Crippen LogP contribution < -0.4 is 0 Å². The van der Waals surface area contributed by atoms with Crippen molar-refractivity contribution < 1.29 is 8.83 Å². The lowest BCUT2D eigenvalue weighted by Crippen LogP contribution is -2.15. The summed E-state index contributed by atoms with van der Waals surface area (Å²) in [6.07, 6.45) is 1.96. The fourth-order valence-corrected chi connectivity index (χ4v) is 9.24. The van der Waals surface area contributed by atoms with Crippen LogP contribution in [0.3, 0.4) is 0 Å². The van der Waals surface area contributed by atoms with Crippen LogP contribution in [-0.4, -0.2) is 9.97 Å². The van der Waals surface area contributed by atoms with Gasteiger partial charge in [0.1, 0.15) is 22.3 Å². The third-order valence-corrected chi connectivity index (χ3v) is 11.9. The van der Waals surface area contributed by atoms with Gasteiger partial charge in [0.2, 0.25) is 0 Å².